The van der Waals surface area contributed by atoms with Gasteiger partial charge in [-0.25, -0.2) is 9.78 Å². The quantitative estimate of drug-likeness (QED) is 0.235. The van der Waals surface area contributed by atoms with Crippen LogP contribution in [0.25, 0.3) is 16.7 Å². The first kappa shape index (κ1) is 30.3. The number of carbonyl (C=O) groups excluding carboxylic acids is 1. The monoisotopic (exact) mass is 619 g/mol. The molecule has 4 heterocycles. The van der Waals surface area contributed by atoms with Gasteiger partial charge in [0.2, 0.25) is 5.88 Å². The van der Waals surface area contributed by atoms with Gasteiger partial charge < -0.3 is 19.5 Å². The van der Waals surface area contributed by atoms with E-state index < -0.39 is 0 Å². The van der Waals surface area contributed by atoms with Crippen molar-refractivity contribution in [2.45, 2.75) is 70.7 Å². The van der Waals surface area contributed by atoms with Crippen molar-refractivity contribution in [3.05, 3.63) is 81.6 Å². The summed E-state index contributed by atoms with van der Waals surface area (Å²) in [5.74, 6) is 0.654. The second-order valence-corrected chi connectivity index (χ2v) is 12.0. The maximum absolute atomic E-state index is 13.8. The van der Waals surface area contributed by atoms with Gasteiger partial charge in [-0.2, -0.15) is 0 Å². The molecule has 2 fully saturated rings. The highest BCUT2D eigenvalue weighted by Crippen LogP contribution is 2.28. The molecule has 1 unspecified atom stereocenters. The Hall–Kier alpha value is -3.73. The molecule has 1 atom stereocenters. The van der Waals surface area contributed by atoms with Crippen LogP contribution in [-0.2, 0) is 16.0 Å². The Bertz CT molecular complexity index is 1640. The number of amides is 1. The zero-order valence-electron chi connectivity index (χ0n) is 24.9. The molecule has 0 spiro atoms. The molecule has 2 aliphatic rings. The number of pyridine rings is 2. The van der Waals surface area contributed by atoms with Crippen LogP contribution in [0.2, 0.25) is 5.02 Å². The first-order valence-corrected chi connectivity index (χ1v) is 15.8. The first-order valence-electron chi connectivity index (χ1n) is 15.4. The number of nitrogens with zero attached hydrogens (tertiary/aromatic N) is 4. The van der Waals surface area contributed by atoms with Crippen LogP contribution in [0.5, 0.6) is 5.88 Å². The summed E-state index contributed by atoms with van der Waals surface area (Å²) in [6.45, 7) is 3.96. The molecule has 10 nitrogen and oxygen atoms in total. The van der Waals surface area contributed by atoms with Crippen LogP contribution in [0.1, 0.15) is 61.0 Å². The topological polar surface area (TPSA) is 110 Å². The van der Waals surface area contributed by atoms with Crippen LogP contribution >= 0.6 is 11.6 Å². The van der Waals surface area contributed by atoms with E-state index in [0.29, 0.717) is 53.5 Å². The zero-order chi connectivity index (χ0) is 30.5. The third-order valence-electron chi connectivity index (χ3n) is 8.51. The fraction of sp³-hybridized carbons (Fsp3) is 0.455. The summed E-state index contributed by atoms with van der Waals surface area (Å²) in [7, 11) is 0. The Kier molecular flexibility index (Phi) is 9.59. The van der Waals surface area contributed by atoms with E-state index in [1.54, 1.807) is 36.0 Å². The summed E-state index contributed by atoms with van der Waals surface area (Å²) in [5, 5.41) is 3.59. The van der Waals surface area contributed by atoms with E-state index in [2.05, 4.69) is 15.3 Å². The van der Waals surface area contributed by atoms with Crippen molar-refractivity contribution in [3.63, 3.8) is 0 Å². The highest BCUT2D eigenvalue weighted by atomic mass is 35.5. The smallest absolute Gasteiger partial charge is 0.333 e. The number of halogens is 1. The Morgan fingerprint density at radius 2 is 1.84 bits per heavy atom. The summed E-state index contributed by atoms with van der Waals surface area (Å²) in [5.41, 5.74) is 3.47. The van der Waals surface area contributed by atoms with Gasteiger partial charge in [-0.1, -0.05) is 23.7 Å². The van der Waals surface area contributed by atoms with E-state index in [0.717, 1.165) is 62.6 Å². The average molecular weight is 620 g/mol. The van der Waals surface area contributed by atoms with Crippen molar-refractivity contribution >= 4 is 28.5 Å². The Labute approximate surface area is 261 Å². The van der Waals surface area contributed by atoms with Crippen molar-refractivity contribution in [2.75, 3.05) is 19.8 Å². The molecule has 0 radical (unpaired) electrons. The number of para-hydroxylation sites is 2. The number of fused-ring (bicyclic) bond motifs is 1. The number of imidazole rings is 1. The van der Waals surface area contributed by atoms with Gasteiger partial charge in [0.1, 0.15) is 6.61 Å². The standard InChI is InChI=1S/C33H38ClN5O5/c1-22-27(18-24(34)19-35-22)32(40)37-25-11-9-23(10-12-25)21-38-28-6-2-3-7-29(28)39(33(38)41)26-13-14-30(36-20-26)42-16-17-44-31-8-4-5-15-43-31/h2-3,6-7,13-14,18-20,23,25,31H,4-5,8-12,15-17,21H2,1H3,(H,37,40). The second-order valence-electron chi connectivity index (χ2n) is 11.6. The van der Waals surface area contributed by atoms with Crippen LogP contribution in [0, 0.1) is 12.8 Å². The average Bonchev–Trinajstić information content (AvgIpc) is 3.32. The minimum atomic E-state index is -0.149. The lowest BCUT2D eigenvalue weighted by Gasteiger charge is -2.29. The zero-order valence-corrected chi connectivity index (χ0v) is 25.7. The third-order valence-corrected chi connectivity index (χ3v) is 8.72. The number of nitrogens with one attached hydrogen (secondary N) is 1. The lowest BCUT2D eigenvalue weighted by molar-refractivity contribution is -0.165. The predicted octanol–water partition coefficient (Wildman–Crippen LogP) is 5.45. The molecule has 1 aliphatic carbocycles. The second kappa shape index (κ2) is 13.9. The summed E-state index contributed by atoms with van der Waals surface area (Å²) in [6.07, 6.45) is 9.70. The van der Waals surface area contributed by atoms with Crippen LogP contribution in [0.15, 0.2) is 59.7 Å². The predicted molar refractivity (Wildman–Crippen MR) is 168 cm³/mol. The van der Waals surface area contributed by atoms with Crippen molar-refractivity contribution in [3.8, 4) is 11.6 Å². The highest BCUT2D eigenvalue weighted by molar-refractivity contribution is 6.30. The maximum atomic E-state index is 13.8. The van der Waals surface area contributed by atoms with Crippen LogP contribution in [-0.4, -0.2) is 57.2 Å². The molecular formula is C33H38ClN5O5. The number of rotatable bonds is 10. The van der Waals surface area contributed by atoms with Gasteiger partial charge in [0.25, 0.3) is 5.91 Å². The van der Waals surface area contributed by atoms with Gasteiger partial charge in [0.05, 0.1) is 45.8 Å². The van der Waals surface area contributed by atoms with E-state index in [-0.39, 0.29) is 23.9 Å². The summed E-state index contributed by atoms with van der Waals surface area (Å²) in [6, 6.07) is 13.2. The highest BCUT2D eigenvalue weighted by Gasteiger charge is 2.26. The molecule has 0 bridgehead atoms. The molecule has 1 amide bonds. The van der Waals surface area contributed by atoms with E-state index in [1.807, 2.05) is 34.9 Å². The van der Waals surface area contributed by atoms with Crippen molar-refractivity contribution in [2.24, 2.45) is 5.92 Å². The molecular weight excluding hydrogens is 582 g/mol. The van der Waals surface area contributed by atoms with Crippen LogP contribution < -0.4 is 15.7 Å². The largest absolute Gasteiger partial charge is 0.475 e. The molecule has 1 saturated carbocycles. The van der Waals surface area contributed by atoms with Crippen molar-refractivity contribution < 1.29 is 19.0 Å². The summed E-state index contributed by atoms with van der Waals surface area (Å²) >= 11 is 6.06. The van der Waals surface area contributed by atoms with Crippen molar-refractivity contribution in [1.29, 1.82) is 0 Å². The Morgan fingerprint density at radius 3 is 2.59 bits per heavy atom. The van der Waals surface area contributed by atoms with Crippen LogP contribution in [0.4, 0.5) is 0 Å². The maximum Gasteiger partial charge on any atom is 0.333 e. The van der Waals surface area contributed by atoms with Gasteiger partial charge in [0, 0.05) is 31.5 Å². The van der Waals surface area contributed by atoms with Gasteiger partial charge >= 0.3 is 5.69 Å². The van der Waals surface area contributed by atoms with Crippen LogP contribution in [0.3, 0.4) is 0 Å². The van der Waals surface area contributed by atoms with Gasteiger partial charge in [-0.3, -0.25) is 18.9 Å². The Balaban J connectivity index is 1.08. The van der Waals surface area contributed by atoms with Gasteiger partial charge in [-0.05, 0) is 82.1 Å². The molecule has 44 heavy (non-hydrogen) atoms. The third kappa shape index (κ3) is 6.98. The normalized spacial score (nSPS) is 20.5. The SMILES string of the molecule is Cc1ncc(Cl)cc1C(=O)NC1CCC(Cn2c(=O)n(-c3ccc(OCCOC4CCCCO4)nc3)c3ccccc32)CC1. The molecule has 4 aromatic rings. The molecule has 1 saturated heterocycles. The van der Waals surface area contributed by atoms with E-state index in [1.165, 1.54) is 0 Å². The van der Waals surface area contributed by atoms with E-state index in [4.69, 9.17) is 25.8 Å². The number of hydrogen-bond acceptors (Lipinski definition) is 7. The fourth-order valence-electron chi connectivity index (χ4n) is 6.14. The minimum absolute atomic E-state index is 0.0779. The molecule has 11 heteroatoms. The molecule has 3 aromatic heterocycles. The number of carbonyl (C=O) groups is 1. The number of hydrogen-bond donors (Lipinski definition) is 1. The number of benzene rings is 1. The summed E-state index contributed by atoms with van der Waals surface area (Å²) < 4.78 is 20.7. The van der Waals surface area contributed by atoms with Crippen molar-refractivity contribution in [1.82, 2.24) is 24.4 Å². The fourth-order valence-corrected chi connectivity index (χ4v) is 6.30. The molecule has 1 N–H and O–H groups in total. The van der Waals surface area contributed by atoms with E-state index in [9.17, 15) is 9.59 Å². The van der Waals surface area contributed by atoms with Gasteiger partial charge in [0.15, 0.2) is 6.29 Å². The number of aromatic nitrogens is 4. The minimum Gasteiger partial charge on any atom is -0.475 e. The van der Waals surface area contributed by atoms with E-state index >= 15 is 0 Å². The van der Waals surface area contributed by atoms with Gasteiger partial charge in [-0.15, -0.1) is 0 Å². The lowest BCUT2D eigenvalue weighted by atomic mass is 9.85. The molecule has 232 valence electrons. The molecule has 6 rings (SSSR count). The summed E-state index contributed by atoms with van der Waals surface area (Å²) in [4.78, 5) is 35.3. The first-order chi connectivity index (χ1) is 21.5. The molecule has 1 aromatic carbocycles. The lowest BCUT2D eigenvalue weighted by Crippen LogP contribution is -2.39. The number of aryl methyl sites for hydroxylation is 1. The Morgan fingerprint density at radius 1 is 1.02 bits per heavy atom. The molecule has 1 aliphatic heterocycles. The number of ether oxygens (including phenoxy) is 3.